The molecule has 0 saturated heterocycles. The van der Waals surface area contributed by atoms with Gasteiger partial charge in [-0.15, -0.1) is 11.8 Å². The van der Waals surface area contributed by atoms with Gasteiger partial charge < -0.3 is 10.6 Å². The number of anilines is 2. The summed E-state index contributed by atoms with van der Waals surface area (Å²) in [6, 6.07) is 22.9. The number of hydrogen-bond donors (Lipinski definition) is 2. The largest absolute Gasteiger partial charge is 0.322 e. The molecule has 32 heavy (non-hydrogen) atoms. The van der Waals surface area contributed by atoms with Gasteiger partial charge in [-0.2, -0.15) is 0 Å². The molecule has 0 bridgehead atoms. The van der Waals surface area contributed by atoms with E-state index in [-0.39, 0.29) is 17.1 Å². The zero-order chi connectivity index (χ0) is 22.5. The predicted octanol–water partition coefficient (Wildman–Crippen LogP) is 6.37. The molecule has 1 heterocycles. The summed E-state index contributed by atoms with van der Waals surface area (Å²) in [5.41, 5.74) is 3.23. The zero-order valence-corrected chi connectivity index (χ0v) is 19.4. The molecule has 0 aliphatic heterocycles. The van der Waals surface area contributed by atoms with E-state index in [4.69, 9.17) is 0 Å². The lowest BCUT2D eigenvalue weighted by molar-refractivity contribution is -0.115. The molecule has 1 aromatic heterocycles. The topological polar surface area (TPSA) is 71.1 Å². The highest BCUT2D eigenvalue weighted by molar-refractivity contribution is 8.00. The minimum absolute atomic E-state index is 0.0780. The van der Waals surface area contributed by atoms with Gasteiger partial charge in [-0.3, -0.25) is 9.59 Å². The van der Waals surface area contributed by atoms with E-state index in [0.29, 0.717) is 22.8 Å². The Kier molecular flexibility index (Phi) is 6.87. The van der Waals surface area contributed by atoms with Crippen LogP contribution in [0.3, 0.4) is 0 Å². The first-order chi connectivity index (χ1) is 15.5. The molecule has 0 aliphatic carbocycles. The van der Waals surface area contributed by atoms with Crippen molar-refractivity contribution < 1.29 is 9.59 Å². The summed E-state index contributed by atoms with van der Waals surface area (Å²) in [5, 5.41) is 6.23. The molecule has 0 spiro atoms. The van der Waals surface area contributed by atoms with Gasteiger partial charge in [0.25, 0.3) is 5.91 Å². The van der Waals surface area contributed by atoms with Crippen LogP contribution in [0.4, 0.5) is 10.8 Å². The highest BCUT2D eigenvalue weighted by Crippen LogP contribution is 2.30. The molecule has 0 aliphatic rings. The minimum Gasteiger partial charge on any atom is -0.322 e. The Balaban J connectivity index is 1.42. The number of thiazole rings is 1. The van der Waals surface area contributed by atoms with Gasteiger partial charge in [0.2, 0.25) is 5.91 Å². The third-order valence-corrected chi connectivity index (χ3v) is 7.15. The van der Waals surface area contributed by atoms with Crippen molar-refractivity contribution in [1.82, 2.24) is 4.98 Å². The molecule has 1 atom stereocenters. The van der Waals surface area contributed by atoms with Crippen molar-refractivity contribution in [3.63, 3.8) is 0 Å². The van der Waals surface area contributed by atoms with E-state index in [1.165, 1.54) is 23.1 Å². The van der Waals surface area contributed by atoms with Gasteiger partial charge in [-0.25, -0.2) is 4.98 Å². The summed E-state index contributed by atoms with van der Waals surface area (Å²) in [5.74, 6) is -0.234. The van der Waals surface area contributed by atoms with Gasteiger partial charge in [0, 0.05) is 16.1 Å². The number of nitrogens with one attached hydrogen (secondary N) is 2. The summed E-state index contributed by atoms with van der Waals surface area (Å²) in [6.07, 6.45) is 0.668. The van der Waals surface area contributed by atoms with Crippen LogP contribution < -0.4 is 10.6 Å². The monoisotopic (exact) mass is 461 g/mol. The number of carbonyl (C=O) groups excluding carboxylic acids is 2. The molecule has 0 fully saturated rings. The van der Waals surface area contributed by atoms with Crippen molar-refractivity contribution in [3.05, 3.63) is 83.9 Å². The number of rotatable bonds is 7. The number of nitrogens with zero attached hydrogens (tertiary/aromatic N) is 1. The van der Waals surface area contributed by atoms with Crippen molar-refractivity contribution in [1.29, 1.82) is 0 Å². The normalized spacial score (nSPS) is 11.8. The molecule has 162 valence electrons. The number of para-hydroxylation sites is 1. The van der Waals surface area contributed by atoms with E-state index in [1.54, 1.807) is 6.07 Å². The Morgan fingerprint density at radius 3 is 2.59 bits per heavy atom. The SMILES string of the molecule is CCC(Sc1cccc(NC(=O)c2cccc(C)c2)c1)C(=O)Nc1nc2ccccc2s1. The van der Waals surface area contributed by atoms with Crippen LogP contribution in [0.15, 0.2) is 77.7 Å². The van der Waals surface area contributed by atoms with Crippen LogP contribution in [0.5, 0.6) is 0 Å². The maximum atomic E-state index is 12.9. The van der Waals surface area contributed by atoms with Crippen molar-refractivity contribution in [3.8, 4) is 0 Å². The highest BCUT2D eigenvalue weighted by atomic mass is 32.2. The van der Waals surface area contributed by atoms with Crippen LogP contribution in [0.2, 0.25) is 0 Å². The van der Waals surface area contributed by atoms with Gasteiger partial charge in [-0.05, 0) is 55.8 Å². The lowest BCUT2D eigenvalue weighted by Gasteiger charge is -2.14. The summed E-state index contributed by atoms with van der Waals surface area (Å²) < 4.78 is 1.04. The first-order valence-electron chi connectivity index (χ1n) is 10.3. The number of amides is 2. The number of fused-ring (bicyclic) bond motifs is 1. The van der Waals surface area contributed by atoms with Crippen LogP contribution in [0.1, 0.15) is 29.3 Å². The van der Waals surface area contributed by atoms with Crippen molar-refractivity contribution in [2.24, 2.45) is 0 Å². The van der Waals surface area contributed by atoms with Crippen molar-refractivity contribution in [2.75, 3.05) is 10.6 Å². The fraction of sp³-hybridized carbons (Fsp3) is 0.160. The van der Waals surface area contributed by atoms with Gasteiger partial charge in [-0.1, -0.05) is 54.2 Å². The predicted molar refractivity (Wildman–Crippen MR) is 134 cm³/mol. The Labute approximate surface area is 195 Å². The van der Waals surface area contributed by atoms with Crippen molar-refractivity contribution in [2.45, 2.75) is 30.4 Å². The number of carbonyl (C=O) groups is 2. The van der Waals surface area contributed by atoms with Crippen LogP contribution in [0, 0.1) is 6.92 Å². The van der Waals surface area contributed by atoms with Gasteiger partial charge in [0.1, 0.15) is 0 Å². The first kappa shape index (κ1) is 22.0. The van der Waals surface area contributed by atoms with Gasteiger partial charge in [0.15, 0.2) is 5.13 Å². The van der Waals surface area contributed by atoms with Crippen LogP contribution in [-0.4, -0.2) is 22.0 Å². The Morgan fingerprint density at radius 1 is 1.00 bits per heavy atom. The molecule has 1 unspecified atom stereocenters. The fourth-order valence-electron chi connectivity index (χ4n) is 3.23. The zero-order valence-electron chi connectivity index (χ0n) is 17.8. The molecule has 3 aromatic carbocycles. The third kappa shape index (κ3) is 5.36. The molecule has 0 radical (unpaired) electrons. The van der Waals surface area contributed by atoms with Crippen LogP contribution in [0.25, 0.3) is 10.2 Å². The fourth-order valence-corrected chi connectivity index (χ4v) is 5.12. The average molecular weight is 462 g/mol. The molecular formula is C25H23N3O2S2. The number of hydrogen-bond acceptors (Lipinski definition) is 5. The highest BCUT2D eigenvalue weighted by Gasteiger charge is 2.20. The lowest BCUT2D eigenvalue weighted by atomic mass is 10.1. The van der Waals surface area contributed by atoms with E-state index < -0.39 is 0 Å². The number of aromatic nitrogens is 1. The maximum absolute atomic E-state index is 12.9. The minimum atomic E-state index is -0.273. The van der Waals surface area contributed by atoms with Crippen molar-refractivity contribution >= 4 is 55.9 Å². The summed E-state index contributed by atoms with van der Waals surface area (Å²) >= 11 is 2.94. The van der Waals surface area contributed by atoms with Crippen LogP contribution >= 0.6 is 23.1 Å². The molecule has 4 aromatic rings. The molecule has 0 saturated carbocycles. The van der Waals surface area contributed by atoms with E-state index in [2.05, 4.69) is 15.6 Å². The molecule has 7 heteroatoms. The van der Waals surface area contributed by atoms with Crippen LogP contribution in [-0.2, 0) is 4.79 Å². The van der Waals surface area contributed by atoms with E-state index in [0.717, 1.165) is 20.7 Å². The van der Waals surface area contributed by atoms with E-state index in [9.17, 15) is 9.59 Å². The lowest BCUT2D eigenvalue weighted by Crippen LogP contribution is -2.24. The quantitative estimate of drug-likeness (QED) is 0.314. The second-order valence-electron chi connectivity index (χ2n) is 7.34. The Hall–Kier alpha value is -3.16. The average Bonchev–Trinajstić information content (AvgIpc) is 3.20. The molecular weight excluding hydrogens is 438 g/mol. The molecule has 2 N–H and O–H groups in total. The molecule has 5 nitrogen and oxygen atoms in total. The number of thioether (sulfide) groups is 1. The second kappa shape index (κ2) is 9.97. The summed E-state index contributed by atoms with van der Waals surface area (Å²) in [4.78, 5) is 30.8. The van der Waals surface area contributed by atoms with Gasteiger partial charge >= 0.3 is 0 Å². The summed E-state index contributed by atoms with van der Waals surface area (Å²) in [7, 11) is 0. The first-order valence-corrected chi connectivity index (χ1v) is 12.0. The second-order valence-corrected chi connectivity index (χ2v) is 9.65. The van der Waals surface area contributed by atoms with Gasteiger partial charge in [0.05, 0.1) is 15.5 Å². The Morgan fingerprint density at radius 2 is 1.81 bits per heavy atom. The molecule has 2 amide bonds. The van der Waals surface area contributed by atoms with E-state index in [1.807, 2.05) is 80.6 Å². The maximum Gasteiger partial charge on any atom is 0.255 e. The number of benzene rings is 3. The Bertz CT molecular complexity index is 1240. The van der Waals surface area contributed by atoms with E-state index >= 15 is 0 Å². The third-order valence-electron chi connectivity index (χ3n) is 4.84. The number of aryl methyl sites for hydroxylation is 1. The summed E-state index contributed by atoms with van der Waals surface area (Å²) in [6.45, 7) is 3.94. The standard InChI is InChI=1S/C25H23N3O2S2/c1-3-21(24(30)28-25-27-20-12-4-5-13-22(20)32-25)31-19-11-7-10-18(15-19)26-23(29)17-9-6-8-16(2)14-17/h4-15,21H,3H2,1-2H3,(H,26,29)(H,27,28,30). The smallest absolute Gasteiger partial charge is 0.255 e. The molecule has 4 rings (SSSR count).